The van der Waals surface area contributed by atoms with Crippen molar-refractivity contribution in [2.45, 2.75) is 6.10 Å². The Bertz CT molecular complexity index is 797. The number of benzene rings is 1. The van der Waals surface area contributed by atoms with Gasteiger partial charge in [-0.05, 0) is 29.8 Å². The van der Waals surface area contributed by atoms with Crippen LogP contribution < -0.4 is 10.6 Å². The van der Waals surface area contributed by atoms with E-state index in [1.807, 2.05) is 12.1 Å². The molecule has 6 nitrogen and oxygen atoms in total. The Morgan fingerprint density at radius 3 is 3.00 bits per heavy atom. The van der Waals surface area contributed by atoms with E-state index in [0.717, 1.165) is 18.7 Å². The molecule has 1 saturated heterocycles. The van der Waals surface area contributed by atoms with Gasteiger partial charge >= 0.3 is 0 Å². The number of hydrogen-bond acceptors (Lipinski definition) is 5. The number of aromatic nitrogens is 1. The van der Waals surface area contributed by atoms with Crippen LogP contribution in [0.2, 0.25) is 5.02 Å². The second-order valence-electron chi connectivity index (χ2n) is 5.28. The van der Waals surface area contributed by atoms with Crippen LogP contribution in [0.4, 0.5) is 5.69 Å². The lowest BCUT2D eigenvalue weighted by molar-refractivity contribution is 0.0277. The number of carbonyl (C=O) groups is 1. The van der Waals surface area contributed by atoms with E-state index in [9.17, 15) is 4.79 Å². The minimum atomic E-state index is -0.419. The van der Waals surface area contributed by atoms with Gasteiger partial charge in [-0.25, -0.2) is 4.98 Å². The second-order valence-corrected chi connectivity index (χ2v) is 5.68. The molecule has 1 atom stereocenters. The molecule has 1 amide bonds. The van der Waals surface area contributed by atoms with Gasteiger partial charge in [0.1, 0.15) is 17.5 Å². The summed E-state index contributed by atoms with van der Waals surface area (Å²) >= 11 is 6.28. The summed E-state index contributed by atoms with van der Waals surface area (Å²) in [7, 11) is 0. The molecule has 24 heavy (non-hydrogen) atoms. The SMILES string of the molecule is N#Cc1cccc(C(=O)Nc2ccc(C3CNCCO3)cc2Cl)n1. The highest BCUT2D eigenvalue weighted by atomic mass is 35.5. The number of hydrogen-bond donors (Lipinski definition) is 2. The summed E-state index contributed by atoms with van der Waals surface area (Å²) in [5.74, 6) is -0.419. The van der Waals surface area contributed by atoms with Gasteiger partial charge in [0, 0.05) is 13.1 Å². The fraction of sp³-hybridized carbons (Fsp3) is 0.235. The number of halogens is 1. The second kappa shape index (κ2) is 7.41. The highest BCUT2D eigenvalue weighted by molar-refractivity contribution is 6.34. The van der Waals surface area contributed by atoms with Crippen molar-refractivity contribution < 1.29 is 9.53 Å². The summed E-state index contributed by atoms with van der Waals surface area (Å²) in [4.78, 5) is 16.2. The van der Waals surface area contributed by atoms with Crippen molar-refractivity contribution in [2.24, 2.45) is 0 Å². The lowest BCUT2D eigenvalue weighted by Gasteiger charge is -2.24. The van der Waals surface area contributed by atoms with Crippen molar-refractivity contribution in [3.05, 3.63) is 58.4 Å². The highest BCUT2D eigenvalue weighted by Crippen LogP contribution is 2.28. The van der Waals surface area contributed by atoms with Gasteiger partial charge in [-0.1, -0.05) is 23.7 Å². The highest BCUT2D eigenvalue weighted by Gasteiger charge is 2.17. The predicted molar refractivity (Wildman–Crippen MR) is 89.9 cm³/mol. The quantitative estimate of drug-likeness (QED) is 0.895. The Morgan fingerprint density at radius 2 is 2.29 bits per heavy atom. The number of carbonyl (C=O) groups excluding carboxylic acids is 1. The summed E-state index contributed by atoms with van der Waals surface area (Å²) in [5.41, 5.74) is 1.79. The van der Waals surface area contributed by atoms with E-state index >= 15 is 0 Å². The van der Waals surface area contributed by atoms with Gasteiger partial charge in [0.15, 0.2) is 0 Å². The first-order valence-electron chi connectivity index (χ1n) is 7.47. The molecule has 1 aromatic heterocycles. The zero-order chi connectivity index (χ0) is 16.9. The van der Waals surface area contributed by atoms with Crippen molar-refractivity contribution in [3.8, 4) is 6.07 Å². The Balaban J connectivity index is 1.75. The number of anilines is 1. The van der Waals surface area contributed by atoms with E-state index in [1.165, 1.54) is 6.07 Å². The first-order valence-corrected chi connectivity index (χ1v) is 7.85. The Labute approximate surface area is 144 Å². The van der Waals surface area contributed by atoms with Crippen LogP contribution in [0.15, 0.2) is 36.4 Å². The zero-order valence-electron chi connectivity index (χ0n) is 12.8. The summed E-state index contributed by atoms with van der Waals surface area (Å²) < 4.78 is 5.69. The molecule has 0 radical (unpaired) electrons. The van der Waals surface area contributed by atoms with Gasteiger partial charge in [-0.2, -0.15) is 5.26 Å². The first kappa shape index (κ1) is 16.4. The number of rotatable bonds is 3. The number of pyridine rings is 1. The summed E-state index contributed by atoms with van der Waals surface area (Å²) in [5, 5.41) is 15.2. The third-order valence-electron chi connectivity index (χ3n) is 3.64. The summed E-state index contributed by atoms with van der Waals surface area (Å²) in [6.45, 7) is 2.22. The molecule has 2 N–H and O–H groups in total. The minimum Gasteiger partial charge on any atom is -0.371 e. The number of nitriles is 1. The molecule has 0 bridgehead atoms. The monoisotopic (exact) mass is 342 g/mol. The largest absolute Gasteiger partial charge is 0.371 e. The smallest absolute Gasteiger partial charge is 0.274 e. The molecular weight excluding hydrogens is 328 g/mol. The van der Waals surface area contributed by atoms with Crippen LogP contribution in [0.5, 0.6) is 0 Å². The molecule has 122 valence electrons. The van der Waals surface area contributed by atoms with Gasteiger partial charge in [0.05, 0.1) is 23.4 Å². The molecule has 0 spiro atoms. The number of nitrogens with one attached hydrogen (secondary N) is 2. The number of ether oxygens (including phenoxy) is 1. The fourth-order valence-electron chi connectivity index (χ4n) is 2.42. The lowest BCUT2D eigenvalue weighted by Crippen LogP contribution is -2.33. The maximum absolute atomic E-state index is 12.2. The number of morpholine rings is 1. The molecule has 0 saturated carbocycles. The average Bonchev–Trinajstić information content (AvgIpc) is 2.64. The van der Waals surface area contributed by atoms with Crippen LogP contribution in [0.25, 0.3) is 0 Å². The Morgan fingerprint density at radius 1 is 1.42 bits per heavy atom. The predicted octanol–water partition coefficient (Wildman–Crippen LogP) is 2.52. The molecule has 1 aliphatic rings. The molecule has 2 aromatic rings. The fourth-order valence-corrected chi connectivity index (χ4v) is 2.66. The van der Waals surface area contributed by atoms with Crippen molar-refractivity contribution >= 4 is 23.2 Å². The molecule has 1 aliphatic heterocycles. The van der Waals surface area contributed by atoms with Crippen molar-refractivity contribution in [2.75, 3.05) is 25.0 Å². The van der Waals surface area contributed by atoms with E-state index in [-0.39, 0.29) is 17.5 Å². The van der Waals surface area contributed by atoms with Crippen LogP contribution >= 0.6 is 11.6 Å². The molecule has 2 heterocycles. The van der Waals surface area contributed by atoms with Crippen LogP contribution in [-0.4, -0.2) is 30.6 Å². The third-order valence-corrected chi connectivity index (χ3v) is 3.95. The van der Waals surface area contributed by atoms with Crippen LogP contribution in [0, 0.1) is 11.3 Å². The Kier molecular flexibility index (Phi) is 5.06. The summed E-state index contributed by atoms with van der Waals surface area (Å²) in [6.07, 6.45) is -0.0463. The van der Waals surface area contributed by atoms with Crippen molar-refractivity contribution in [3.63, 3.8) is 0 Å². The van der Waals surface area contributed by atoms with Gasteiger partial charge in [0.2, 0.25) is 0 Å². The Hall–Kier alpha value is -2.46. The normalized spacial score (nSPS) is 17.1. The summed E-state index contributed by atoms with van der Waals surface area (Å²) in [6, 6.07) is 12.0. The van der Waals surface area contributed by atoms with E-state index in [1.54, 1.807) is 24.3 Å². The number of nitrogens with zero attached hydrogens (tertiary/aromatic N) is 2. The molecule has 1 aromatic carbocycles. The number of amides is 1. The average molecular weight is 343 g/mol. The minimum absolute atomic E-state index is 0.0463. The molecular formula is C17H15ClN4O2. The van der Waals surface area contributed by atoms with Crippen LogP contribution in [-0.2, 0) is 4.74 Å². The maximum atomic E-state index is 12.2. The molecule has 0 aliphatic carbocycles. The lowest BCUT2D eigenvalue weighted by atomic mass is 10.1. The maximum Gasteiger partial charge on any atom is 0.274 e. The third kappa shape index (κ3) is 3.71. The van der Waals surface area contributed by atoms with E-state index in [4.69, 9.17) is 21.6 Å². The van der Waals surface area contributed by atoms with E-state index in [0.29, 0.717) is 17.3 Å². The topological polar surface area (TPSA) is 87.0 Å². The first-order chi connectivity index (χ1) is 11.7. The molecule has 1 unspecified atom stereocenters. The standard InChI is InChI=1S/C17H15ClN4O2/c18-13-8-11(16-10-20-6-7-24-16)4-5-14(13)22-17(23)15-3-1-2-12(9-19)21-15/h1-5,8,16,20H,6-7,10H2,(H,22,23). The van der Waals surface area contributed by atoms with Crippen molar-refractivity contribution in [1.82, 2.24) is 10.3 Å². The van der Waals surface area contributed by atoms with Crippen molar-refractivity contribution in [1.29, 1.82) is 5.26 Å². The van der Waals surface area contributed by atoms with Crippen LogP contribution in [0.3, 0.4) is 0 Å². The van der Waals surface area contributed by atoms with Crippen LogP contribution in [0.1, 0.15) is 27.8 Å². The van der Waals surface area contributed by atoms with Gasteiger partial charge in [-0.3, -0.25) is 4.79 Å². The van der Waals surface area contributed by atoms with E-state index < -0.39 is 5.91 Å². The molecule has 3 rings (SSSR count). The molecule has 7 heteroatoms. The van der Waals surface area contributed by atoms with Gasteiger partial charge < -0.3 is 15.4 Å². The molecule has 1 fully saturated rings. The zero-order valence-corrected chi connectivity index (χ0v) is 13.5. The van der Waals surface area contributed by atoms with Gasteiger partial charge in [0.25, 0.3) is 5.91 Å². The van der Waals surface area contributed by atoms with Gasteiger partial charge in [-0.15, -0.1) is 0 Å². The van der Waals surface area contributed by atoms with E-state index in [2.05, 4.69) is 15.6 Å².